The molecule has 0 saturated carbocycles. The van der Waals surface area contributed by atoms with Gasteiger partial charge in [0.15, 0.2) is 0 Å². The summed E-state index contributed by atoms with van der Waals surface area (Å²) in [4.78, 5) is 11.1. The van der Waals surface area contributed by atoms with Crippen LogP contribution >= 0.6 is 11.3 Å². The largest absolute Gasteiger partial charge is 0.371 e. The Morgan fingerprint density at radius 1 is 1.19 bits per heavy atom. The van der Waals surface area contributed by atoms with Crippen LogP contribution in [0.1, 0.15) is 25.3 Å². The Morgan fingerprint density at radius 2 is 2.00 bits per heavy atom. The maximum absolute atomic E-state index is 4.39. The number of hydrogen-bond acceptors (Lipinski definition) is 5. The molecule has 0 aliphatic carbocycles. The number of aromatic nitrogens is 2. The third-order valence-corrected chi connectivity index (χ3v) is 5.83. The number of thiazole rings is 1. The van der Waals surface area contributed by atoms with Crippen molar-refractivity contribution in [3.63, 3.8) is 0 Å². The summed E-state index contributed by atoms with van der Waals surface area (Å²) in [7, 11) is 0. The van der Waals surface area contributed by atoms with Gasteiger partial charge in [0.2, 0.25) is 0 Å². The van der Waals surface area contributed by atoms with Crippen LogP contribution in [-0.2, 0) is 6.42 Å². The molecule has 1 atom stereocenters. The zero-order chi connectivity index (χ0) is 18.5. The Balaban J connectivity index is 1.27. The Kier molecular flexibility index (Phi) is 5.80. The van der Waals surface area contributed by atoms with E-state index in [4.69, 9.17) is 0 Å². The predicted octanol–water partition coefficient (Wildman–Crippen LogP) is 4.39. The van der Waals surface area contributed by atoms with Gasteiger partial charge in [-0.25, -0.2) is 4.98 Å². The molecule has 2 aromatic heterocycles. The molecule has 3 aromatic rings. The molecule has 5 heteroatoms. The highest BCUT2D eigenvalue weighted by atomic mass is 32.1. The lowest BCUT2D eigenvalue weighted by Gasteiger charge is -2.35. The molecule has 1 aliphatic rings. The molecule has 27 heavy (non-hydrogen) atoms. The zero-order valence-electron chi connectivity index (χ0n) is 15.7. The van der Waals surface area contributed by atoms with Gasteiger partial charge in [-0.1, -0.05) is 18.2 Å². The van der Waals surface area contributed by atoms with Crippen LogP contribution < -0.4 is 10.2 Å². The van der Waals surface area contributed by atoms with E-state index < -0.39 is 0 Å². The maximum Gasteiger partial charge on any atom is 0.0811 e. The van der Waals surface area contributed by atoms with Crippen LogP contribution in [0.3, 0.4) is 0 Å². The average molecular weight is 379 g/mol. The van der Waals surface area contributed by atoms with E-state index in [0.717, 1.165) is 25.2 Å². The zero-order valence-corrected chi connectivity index (χ0v) is 16.5. The van der Waals surface area contributed by atoms with Gasteiger partial charge in [-0.15, -0.1) is 11.3 Å². The summed E-state index contributed by atoms with van der Waals surface area (Å²) >= 11 is 1.64. The van der Waals surface area contributed by atoms with Crippen LogP contribution in [0.25, 0.3) is 11.3 Å². The van der Waals surface area contributed by atoms with Crippen molar-refractivity contribution in [2.75, 3.05) is 18.0 Å². The van der Waals surface area contributed by atoms with E-state index in [1.54, 1.807) is 11.3 Å². The van der Waals surface area contributed by atoms with Crippen molar-refractivity contribution >= 4 is 17.0 Å². The molecule has 4 nitrogen and oxygen atoms in total. The molecule has 1 aromatic carbocycles. The van der Waals surface area contributed by atoms with Crippen LogP contribution in [0.4, 0.5) is 5.69 Å². The molecule has 0 spiro atoms. The molecule has 1 unspecified atom stereocenters. The van der Waals surface area contributed by atoms with Gasteiger partial charge in [-0.2, -0.15) is 0 Å². The minimum Gasteiger partial charge on any atom is -0.371 e. The summed E-state index contributed by atoms with van der Waals surface area (Å²) in [5, 5.41) is 5.90. The van der Waals surface area contributed by atoms with Gasteiger partial charge in [0, 0.05) is 54.2 Å². The lowest BCUT2D eigenvalue weighted by atomic mass is 10.0. The van der Waals surface area contributed by atoms with Gasteiger partial charge in [0.25, 0.3) is 0 Å². The lowest BCUT2D eigenvalue weighted by molar-refractivity contribution is 0.375. The van der Waals surface area contributed by atoms with Crippen LogP contribution in [0.5, 0.6) is 0 Å². The van der Waals surface area contributed by atoms with Gasteiger partial charge in [0.05, 0.1) is 11.2 Å². The molecule has 1 fully saturated rings. The van der Waals surface area contributed by atoms with Crippen LogP contribution in [0, 0.1) is 0 Å². The Hall–Kier alpha value is -2.24. The van der Waals surface area contributed by atoms with Crippen molar-refractivity contribution < 1.29 is 0 Å². The normalized spacial score (nSPS) is 16.4. The van der Waals surface area contributed by atoms with Gasteiger partial charge < -0.3 is 10.2 Å². The first-order valence-corrected chi connectivity index (χ1v) is 10.6. The van der Waals surface area contributed by atoms with E-state index in [9.17, 15) is 0 Å². The number of nitrogens with one attached hydrogen (secondary N) is 1. The number of pyridine rings is 1. The van der Waals surface area contributed by atoms with Crippen LogP contribution in [-0.4, -0.2) is 35.1 Å². The molecule has 1 saturated heterocycles. The first-order chi connectivity index (χ1) is 13.3. The fourth-order valence-electron chi connectivity index (χ4n) is 3.84. The van der Waals surface area contributed by atoms with Gasteiger partial charge in [0.1, 0.15) is 0 Å². The van der Waals surface area contributed by atoms with E-state index >= 15 is 0 Å². The number of hydrogen-bond donors (Lipinski definition) is 1. The van der Waals surface area contributed by atoms with E-state index in [2.05, 4.69) is 62.8 Å². The molecule has 0 amide bonds. The second kappa shape index (κ2) is 8.63. The Morgan fingerprint density at radius 3 is 2.67 bits per heavy atom. The van der Waals surface area contributed by atoms with Gasteiger partial charge in [-0.3, -0.25) is 4.98 Å². The highest BCUT2D eigenvalue weighted by molar-refractivity contribution is 7.07. The summed E-state index contributed by atoms with van der Waals surface area (Å²) in [6, 6.07) is 14.1. The van der Waals surface area contributed by atoms with Crippen molar-refractivity contribution in [1.29, 1.82) is 0 Å². The Labute approximate surface area is 165 Å². The predicted molar refractivity (Wildman–Crippen MR) is 113 cm³/mol. The van der Waals surface area contributed by atoms with E-state index in [1.165, 1.54) is 29.7 Å². The molecule has 3 heterocycles. The monoisotopic (exact) mass is 378 g/mol. The summed E-state index contributed by atoms with van der Waals surface area (Å²) in [5.74, 6) is 0. The molecule has 0 bridgehead atoms. The number of piperidine rings is 1. The molecule has 4 rings (SSSR count). The van der Waals surface area contributed by atoms with E-state index in [1.807, 2.05) is 24.0 Å². The third-order valence-electron chi connectivity index (χ3n) is 5.24. The number of anilines is 1. The molecule has 140 valence electrons. The smallest absolute Gasteiger partial charge is 0.0811 e. The second-order valence-electron chi connectivity index (χ2n) is 7.31. The lowest BCUT2D eigenvalue weighted by Crippen LogP contribution is -2.46. The van der Waals surface area contributed by atoms with Crippen LogP contribution in [0.15, 0.2) is 59.7 Å². The first kappa shape index (κ1) is 18.1. The number of nitrogens with zero attached hydrogens (tertiary/aromatic N) is 3. The Bertz CT molecular complexity index is 809. The summed E-state index contributed by atoms with van der Waals surface area (Å²) in [6.45, 7) is 4.48. The summed E-state index contributed by atoms with van der Waals surface area (Å²) in [6.07, 6.45) is 7.21. The summed E-state index contributed by atoms with van der Waals surface area (Å²) < 4.78 is 0. The average Bonchev–Trinajstić information content (AvgIpc) is 3.24. The highest BCUT2D eigenvalue weighted by Gasteiger charge is 2.20. The minimum absolute atomic E-state index is 0.475. The van der Waals surface area contributed by atoms with Gasteiger partial charge >= 0.3 is 0 Å². The molecule has 1 aliphatic heterocycles. The van der Waals surface area contributed by atoms with Crippen molar-refractivity contribution in [2.24, 2.45) is 0 Å². The SMILES string of the molecule is CC(Cc1cccnc1)NC1CCN(c2ccc(-c3cscn3)cc2)CC1. The molecule has 1 N–H and O–H groups in total. The fourth-order valence-corrected chi connectivity index (χ4v) is 4.40. The number of benzene rings is 1. The summed E-state index contributed by atoms with van der Waals surface area (Å²) in [5.41, 5.74) is 6.76. The first-order valence-electron chi connectivity index (χ1n) is 9.66. The second-order valence-corrected chi connectivity index (χ2v) is 8.03. The molecular formula is C22H26N4S. The fraction of sp³-hybridized carbons (Fsp3) is 0.364. The van der Waals surface area contributed by atoms with Crippen molar-refractivity contribution in [1.82, 2.24) is 15.3 Å². The third kappa shape index (κ3) is 4.73. The number of rotatable bonds is 6. The van der Waals surface area contributed by atoms with Crippen LogP contribution in [0.2, 0.25) is 0 Å². The molecule has 0 radical (unpaired) electrons. The topological polar surface area (TPSA) is 41.1 Å². The van der Waals surface area contributed by atoms with Crippen molar-refractivity contribution in [3.05, 3.63) is 65.2 Å². The highest BCUT2D eigenvalue weighted by Crippen LogP contribution is 2.25. The van der Waals surface area contributed by atoms with Crippen molar-refractivity contribution in [3.8, 4) is 11.3 Å². The maximum atomic E-state index is 4.39. The van der Waals surface area contributed by atoms with E-state index in [0.29, 0.717) is 12.1 Å². The quantitative estimate of drug-likeness (QED) is 0.690. The molecular weight excluding hydrogens is 352 g/mol. The standard InChI is InChI=1S/C22H26N4S/c1-17(13-18-3-2-10-23-14-18)25-20-8-11-26(12-9-20)21-6-4-19(5-7-21)22-15-27-16-24-22/h2-7,10,14-17,20,25H,8-9,11-13H2,1H3. The minimum atomic E-state index is 0.475. The van der Waals surface area contributed by atoms with E-state index in [-0.39, 0.29) is 0 Å². The van der Waals surface area contributed by atoms with Crippen molar-refractivity contribution in [2.45, 2.75) is 38.3 Å². The van der Waals surface area contributed by atoms with Gasteiger partial charge in [-0.05, 0) is 49.9 Å².